The fraction of sp³-hybridized carbons (Fsp3) is 0.0312. The summed E-state index contributed by atoms with van der Waals surface area (Å²) in [4.78, 5) is 12.2. The maximum Gasteiger partial charge on any atom is 0.160 e. The number of allylic oxidation sites excluding steroid dienone is 1. The Morgan fingerprint density at radius 2 is 1.06 bits per heavy atom. The van der Waals surface area contributed by atoms with Gasteiger partial charge in [-0.15, -0.1) is 11.3 Å². The number of nitrogens with zero attached hydrogens (tertiary/aromatic N) is 4. The third-order valence-electron chi connectivity index (χ3n) is 14.4. The number of hydrogen-bond acceptors (Lipinski definition) is 4. The summed E-state index contributed by atoms with van der Waals surface area (Å²) in [6, 6.07) is 74.1. The van der Waals surface area contributed by atoms with Crippen molar-refractivity contribution in [3.8, 4) is 56.3 Å². The van der Waals surface area contributed by atoms with Crippen LogP contribution < -0.4 is 0 Å². The Morgan fingerprint density at radius 3 is 1.77 bits per heavy atom. The van der Waals surface area contributed by atoms with Crippen molar-refractivity contribution in [1.82, 2.24) is 19.1 Å². The molecule has 15 rings (SSSR count). The SMILES string of the molecule is C1=Cc2c(sc3c(-c4cc(-c5ccccc5)c(-n5c6ccccc6c6c7oc8c(ccc9c%10ccccc%10n(-c%10ccccc%10)c98)c7ccc65)c(-c5ccccc5)c4)nc(-c4ccccc4)nc23)CC1. The summed E-state index contributed by atoms with van der Waals surface area (Å²) in [6.45, 7) is 0. The molecule has 5 aromatic heterocycles. The van der Waals surface area contributed by atoms with Crippen molar-refractivity contribution in [2.75, 3.05) is 0 Å². The van der Waals surface area contributed by atoms with E-state index in [9.17, 15) is 0 Å². The maximum absolute atomic E-state index is 7.41. The van der Waals surface area contributed by atoms with Crippen LogP contribution in [0.25, 0.3) is 138 Å². The third-order valence-corrected chi connectivity index (χ3v) is 15.6. The number of para-hydroxylation sites is 3. The van der Waals surface area contributed by atoms with Crippen LogP contribution in [0.4, 0.5) is 0 Å². The van der Waals surface area contributed by atoms with E-state index >= 15 is 0 Å². The Kier molecular flexibility index (Phi) is 8.59. The molecule has 0 amide bonds. The van der Waals surface area contributed by atoms with Crippen LogP contribution in [0.3, 0.4) is 0 Å². The molecule has 5 nitrogen and oxygen atoms in total. The second-order valence-electron chi connectivity index (χ2n) is 18.3. The van der Waals surface area contributed by atoms with Gasteiger partial charge in [-0.1, -0.05) is 164 Å². The number of hydrogen-bond donors (Lipinski definition) is 0. The van der Waals surface area contributed by atoms with Gasteiger partial charge in [-0.3, -0.25) is 0 Å². The minimum absolute atomic E-state index is 0.730. The molecule has 9 aromatic carbocycles. The number of rotatable bonds is 6. The van der Waals surface area contributed by atoms with Crippen molar-refractivity contribution in [1.29, 1.82) is 0 Å². The Morgan fingerprint density at radius 1 is 0.471 bits per heavy atom. The molecule has 0 atom stereocenters. The molecule has 0 N–H and O–H groups in total. The predicted octanol–water partition coefficient (Wildman–Crippen LogP) is 17.4. The van der Waals surface area contributed by atoms with Crippen molar-refractivity contribution in [2.45, 2.75) is 12.8 Å². The molecule has 1 aliphatic carbocycles. The first-order chi connectivity index (χ1) is 34.7. The number of aromatic nitrogens is 4. The van der Waals surface area contributed by atoms with Gasteiger partial charge in [0.25, 0.3) is 0 Å². The monoisotopic (exact) mass is 912 g/mol. The topological polar surface area (TPSA) is 48.8 Å². The van der Waals surface area contributed by atoms with Crippen molar-refractivity contribution in [3.63, 3.8) is 0 Å². The molecule has 0 saturated carbocycles. The summed E-state index contributed by atoms with van der Waals surface area (Å²) >= 11 is 1.84. The molecular weight excluding hydrogens is 873 g/mol. The summed E-state index contributed by atoms with van der Waals surface area (Å²) in [5.41, 5.74) is 18.0. The molecule has 0 saturated heterocycles. The van der Waals surface area contributed by atoms with Crippen LogP contribution in [0.2, 0.25) is 0 Å². The third kappa shape index (κ3) is 5.77. The molecular formula is C64H40N4OS. The molecule has 14 aromatic rings. The Hall–Kier alpha value is -8.84. The Balaban J connectivity index is 1.06. The number of fused-ring (bicyclic) bond motifs is 14. The average Bonchev–Trinajstić information content (AvgIpc) is 4.19. The van der Waals surface area contributed by atoms with Crippen molar-refractivity contribution >= 4 is 93.2 Å². The molecule has 0 unspecified atom stereocenters. The normalized spacial score (nSPS) is 12.7. The van der Waals surface area contributed by atoms with E-state index in [2.05, 4.69) is 221 Å². The van der Waals surface area contributed by atoms with Crippen LogP contribution in [0.15, 0.2) is 217 Å². The molecule has 6 heteroatoms. The Labute approximate surface area is 406 Å². The van der Waals surface area contributed by atoms with E-state index in [-0.39, 0.29) is 0 Å². The van der Waals surface area contributed by atoms with Crippen LogP contribution in [-0.4, -0.2) is 19.1 Å². The van der Waals surface area contributed by atoms with Gasteiger partial charge < -0.3 is 13.6 Å². The fourth-order valence-electron chi connectivity index (χ4n) is 11.3. The smallest absolute Gasteiger partial charge is 0.160 e. The van der Waals surface area contributed by atoms with Crippen LogP contribution in [0.5, 0.6) is 0 Å². The minimum atomic E-state index is 0.730. The van der Waals surface area contributed by atoms with Crippen molar-refractivity contribution in [2.24, 2.45) is 0 Å². The molecule has 0 bridgehead atoms. The largest absolute Gasteiger partial charge is 0.453 e. The predicted molar refractivity (Wildman–Crippen MR) is 292 cm³/mol. The highest BCUT2D eigenvalue weighted by atomic mass is 32.1. The molecule has 0 radical (unpaired) electrons. The van der Waals surface area contributed by atoms with Crippen LogP contribution in [0, 0.1) is 0 Å². The quantitative estimate of drug-likeness (QED) is 0.167. The summed E-state index contributed by atoms with van der Waals surface area (Å²) in [6.07, 6.45) is 6.58. The van der Waals surface area contributed by atoms with E-state index in [0.717, 1.165) is 134 Å². The van der Waals surface area contributed by atoms with Crippen LogP contribution >= 0.6 is 11.3 Å². The molecule has 328 valence electrons. The number of furan rings is 1. The first kappa shape index (κ1) is 39.2. The van der Waals surface area contributed by atoms with Gasteiger partial charge in [0.05, 0.1) is 49.1 Å². The fourth-order valence-corrected chi connectivity index (χ4v) is 12.5. The van der Waals surface area contributed by atoms with Crippen LogP contribution in [-0.2, 0) is 6.42 Å². The highest BCUT2D eigenvalue weighted by Crippen LogP contribution is 2.49. The zero-order valence-electron chi connectivity index (χ0n) is 37.8. The lowest BCUT2D eigenvalue weighted by molar-refractivity contribution is 0.675. The zero-order valence-corrected chi connectivity index (χ0v) is 38.6. The second-order valence-corrected chi connectivity index (χ2v) is 19.4. The van der Waals surface area contributed by atoms with Crippen LogP contribution in [0.1, 0.15) is 16.9 Å². The Bertz CT molecular complexity index is 4390. The van der Waals surface area contributed by atoms with E-state index in [1.807, 2.05) is 17.4 Å². The van der Waals surface area contributed by atoms with Gasteiger partial charge in [-0.2, -0.15) is 0 Å². The van der Waals surface area contributed by atoms with E-state index in [1.165, 1.54) is 21.2 Å². The lowest BCUT2D eigenvalue weighted by Gasteiger charge is -2.21. The molecule has 5 heterocycles. The van der Waals surface area contributed by atoms with Gasteiger partial charge >= 0.3 is 0 Å². The van der Waals surface area contributed by atoms with Gasteiger partial charge in [0.15, 0.2) is 11.4 Å². The zero-order chi connectivity index (χ0) is 45.9. The minimum Gasteiger partial charge on any atom is -0.453 e. The number of aryl methyl sites for hydroxylation is 1. The molecule has 70 heavy (non-hydrogen) atoms. The molecule has 0 aliphatic heterocycles. The van der Waals surface area contributed by atoms with E-state index < -0.39 is 0 Å². The number of benzene rings is 9. The van der Waals surface area contributed by atoms with Crippen molar-refractivity contribution < 1.29 is 4.42 Å². The average molecular weight is 913 g/mol. The highest BCUT2D eigenvalue weighted by molar-refractivity contribution is 7.19. The molecule has 0 fully saturated rings. The molecule has 0 spiro atoms. The van der Waals surface area contributed by atoms with Gasteiger partial charge in [-0.05, 0) is 78.6 Å². The highest BCUT2D eigenvalue weighted by Gasteiger charge is 2.27. The lowest BCUT2D eigenvalue weighted by Crippen LogP contribution is -2.02. The van der Waals surface area contributed by atoms with Crippen molar-refractivity contribution in [3.05, 3.63) is 223 Å². The first-order valence-corrected chi connectivity index (χ1v) is 24.8. The van der Waals surface area contributed by atoms with E-state index in [4.69, 9.17) is 14.4 Å². The summed E-state index contributed by atoms with van der Waals surface area (Å²) in [5, 5.41) is 6.77. The summed E-state index contributed by atoms with van der Waals surface area (Å²) in [7, 11) is 0. The van der Waals surface area contributed by atoms with Gasteiger partial charge in [-0.25, -0.2) is 9.97 Å². The van der Waals surface area contributed by atoms with E-state index in [0.29, 0.717) is 0 Å². The van der Waals surface area contributed by atoms with Gasteiger partial charge in [0.1, 0.15) is 5.58 Å². The molecule has 1 aliphatic rings. The van der Waals surface area contributed by atoms with Gasteiger partial charge in [0.2, 0.25) is 0 Å². The summed E-state index contributed by atoms with van der Waals surface area (Å²) in [5.74, 6) is 0.730. The van der Waals surface area contributed by atoms with E-state index in [1.54, 1.807) is 0 Å². The summed E-state index contributed by atoms with van der Waals surface area (Å²) < 4.78 is 13.4. The second kappa shape index (κ2) is 15.3. The standard InChI is InChI=1S/C64H40N4OS/c1-5-19-39(20-6-1)50-37-42(57-63-58(49-29-15-18-32-55(49)70-63)66-64(65-57)41-23-9-3-10-24-41)38-51(40-21-7-2-8-22-40)59(50)68-53-31-17-14-28-48(53)56-54(68)36-35-46-47-34-33-45-44-27-13-16-30-52(44)67(43-25-11-4-12-26-43)60(45)62(47)69-61(46)56/h1-17,19-31,33-38H,18,32H2. The lowest BCUT2D eigenvalue weighted by atomic mass is 9.91. The first-order valence-electron chi connectivity index (χ1n) is 24.0. The van der Waals surface area contributed by atoms with Gasteiger partial charge in [0, 0.05) is 65.3 Å². The maximum atomic E-state index is 7.41. The number of thiophene rings is 1.